The summed E-state index contributed by atoms with van der Waals surface area (Å²) >= 11 is 0. The Morgan fingerprint density at radius 2 is 1.86 bits per heavy atom. The van der Waals surface area contributed by atoms with Gasteiger partial charge in [-0.2, -0.15) is 0 Å². The molecule has 28 heavy (non-hydrogen) atoms. The molecule has 2 aromatic carbocycles. The highest BCUT2D eigenvalue weighted by molar-refractivity contribution is 6.22. The van der Waals surface area contributed by atoms with Crippen LogP contribution in [-0.4, -0.2) is 48.2 Å². The molecule has 3 rings (SSSR count). The van der Waals surface area contributed by atoms with Crippen molar-refractivity contribution >= 4 is 17.7 Å². The van der Waals surface area contributed by atoms with Crippen LogP contribution in [0.3, 0.4) is 0 Å². The first-order chi connectivity index (χ1) is 13.4. The van der Waals surface area contributed by atoms with Crippen LogP contribution in [-0.2, 0) is 6.54 Å². The Hall–Kier alpha value is -3.41. The minimum Gasteiger partial charge on any atom is -0.496 e. The van der Waals surface area contributed by atoms with Gasteiger partial charge in [0, 0.05) is 31.3 Å². The highest BCUT2D eigenvalue weighted by Gasteiger charge is 2.35. The van der Waals surface area contributed by atoms with Crippen LogP contribution < -0.4 is 4.74 Å². The largest absolute Gasteiger partial charge is 0.496 e. The smallest absolute Gasteiger partial charge is 0.261 e. The molecule has 0 aliphatic carbocycles. The third kappa shape index (κ3) is 3.41. The van der Waals surface area contributed by atoms with Crippen molar-refractivity contribution in [2.24, 2.45) is 0 Å². The van der Waals surface area contributed by atoms with E-state index in [1.54, 1.807) is 25.1 Å². The Kier molecular flexibility index (Phi) is 5.31. The number of rotatable bonds is 6. The Labute approximate surface area is 164 Å². The molecule has 0 spiro atoms. The number of carbonyl (C=O) groups excluding carboxylic acids is 3. The number of hydrogen-bond donors (Lipinski definition) is 0. The van der Waals surface area contributed by atoms with E-state index in [-0.39, 0.29) is 23.9 Å². The number of imide groups is 1. The average Bonchev–Trinajstić information content (AvgIpc) is 2.92. The number of ether oxygens (including phenoxy) is 1. The molecular weight excluding hydrogens is 356 g/mol. The number of fused-ring (bicyclic) bond motifs is 1. The lowest BCUT2D eigenvalue weighted by Crippen LogP contribution is -2.29. The van der Waals surface area contributed by atoms with Crippen molar-refractivity contribution in [1.82, 2.24) is 9.80 Å². The number of amides is 3. The fourth-order valence-electron chi connectivity index (χ4n) is 3.30. The van der Waals surface area contributed by atoms with Crippen LogP contribution in [0.25, 0.3) is 0 Å². The fourth-order valence-corrected chi connectivity index (χ4v) is 3.30. The molecule has 0 aromatic heterocycles. The minimum atomic E-state index is -0.405. The molecule has 2 aromatic rings. The molecule has 0 unspecified atom stereocenters. The molecule has 6 nitrogen and oxygen atoms in total. The van der Waals surface area contributed by atoms with Crippen molar-refractivity contribution in [3.8, 4) is 5.75 Å². The van der Waals surface area contributed by atoms with Gasteiger partial charge < -0.3 is 9.64 Å². The summed E-state index contributed by atoms with van der Waals surface area (Å²) in [6.07, 6.45) is 1.50. The average molecular weight is 378 g/mol. The normalized spacial score (nSPS) is 12.8. The van der Waals surface area contributed by atoms with Crippen LogP contribution in [0.2, 0.25) is 0 Å². The summed E-state index contributed by atoms with van der Waals surface area (Å²) in [7, 11) is 3.28. The van der Waals surface area contributed by atoms with Gasteiger partial charge in [0.1, 0.15) is 5.75 Å². The van der Waals surface area contributed by atoms with E-state index in [1.807, 2.05) is 25.1 Å². The monoisotopic (exact) mass is 378 g/mol. The maximum Gasteiger partial charge on any atom is 0.261 e. The van der Waals surface area contributed by atoms with E-state index in [1.165, 1.54) is 18.2 Å². The predicted molar refractivity (Wildman–Crippen MR) is 106 cm³/mol. The minimum absolute atomic E-state index is 0.142. The number of benzene rings is 2. The predicted octanol–water partition coefficient (Wildman–Crippen LogP) is 3.06. The summed E-state index contributed by atoms with van der Waals surface area (Å²) in [6, 6.07) is 10.4. The van der Waals surface area contributed by atoms with Gasteiger partial charge in [0.05, 0.1) is 18.2 Å². The zero-order valence-electron chi connectivity index (χ0n) is 16.2. The molecule has 6 heteroatoms. The van der Waals surface area contributed by atoms with Gasteiger partial charge in [0.2, 0.25) is 0 Å². The zero-order valence-corrected chi connectivity index (χ0v) is 16.2. The molecule has 1 heterocycles. The van der Waals surface area contributed by atoms with Gasteiger partial charge >= 0.3 is 0 Å². The number of aryl methyl sites for hydroxylation is 1. The van der Waals surface area contributed by atoms with Gasteiger partial charge in [-0.25, -0.2) is 0 Å². The van der Waals surface area contributed by atoms with Crippen LogP contribution in [0, 0.1) is 6.92 Å². The Balaban J connectivity index is 1.85. The Morgan fingerprint density at radius 3 is 2.54 bits per heavy atom. The van der Waals surface area contributed by atoms with Crippen molar-refractivity contribution in [3.63, 3.8) is 0 Å². The zero-order chi connectivity index (χ0) is 20.4. The fraction of sp³-hybridized carbons (Fsp3) is 0.227. The lowest BCUT2D eigenvalue weighted by molar-refractivity contribution is 0.0671. The van der Waals surface area contributed by atoms with Gasteiger partial charge in [0.25, 0.3) is 17.7 Å². The molecule has 0 saturated carbocycles. The number of carbonyl (C=O) groups is 3. The number of methoxy groups -OCH3 is 1. The molecular formula is C22H22N2O4. The summed E-state index contributed by atoms with van der Waals surface area (Å²) in [5.41, 5.74) is 2.88. The van der Waals surface area contributed by atoms with Crippen molar-refractivity contribution in [3.05, 3.63) is 76.9 Å². The highest BCUT2D eigenvalue weighted by Crippen LogP contribution is 2.25. The summed E-state index contributed by atoms with van der Waals surface area (Å²) in [5, 5.41) is 0. The molecule has 0 radical (unpaired) electrons. The van der Waals surface area contributed by atoms with E-state index in [0.29, 0.717) is 23.4 Å². The van der Waals surface area contributed by atoms with Gasteiger partial charge in [-0.1, -0.05) is 23.8 Å². The first-order valence-corrected chi connectivity index (χ1v) is 8.87. The first kappa shape index (κ1) is 19.4. The third-order valence-corrected chi connectivity index (χ3v) is 4.72. The second-order valence-corrected chi connectivity index (χ2v) is 6.75. The van der Waals surface area contributed by atoms with Crippen LogP contribution in [0.4, 0.5) is 0 Å². The molecule has 1 aliphatic rings. The number of hydrogen-bond acceptors (Lipinski definition) is 4. The Bertz CT molecular complexity index is 980. The van der Waals surface area contributed by atoms with Crippen LogP contribution in [0.1, 0.15) is 42.2 Å². The van der Waals surface area contributed by atoms with E-state index in [2.05, 4.69) is 6.58 Å². The molecule has 144 valence electrons. The summed E-state index contributed by atoms with van der Waals surface area (Å²) in [4.78, 5) is 40.3. The maximum atomic E-state index is 12.9. The van der Waals surface area contributed by atoms with Gasteiger partial charge in [-0.15, -0.1) is 6.58 Å². The van der Waals surface area contributed by atoms with Crippen molar-refractivity contribution in [2.75, 3.05) is 20.7 Å². The topological polar surface area (TPSA) is 66.9 Å². The van der Waals surface area contributed by atoms with E-state index in [9.17, 15) is 14.4 Å². The second kappa shape index (κ2) is 7.68. The van der Waals surface area contributed by atoms with Gasteiger partial charge in [0.15, 0.2) is 0 Å². The molecule has 1 aliphatic heterocycles. The standard InChI is InChI=1S/C22H22N2O4/c1-5-10-24-21(26)17-8-7-15(12-18(17)22(24)27)20(25)23(3)13-16-11-14(2)6-9-19(16)28-4/h5-9,11-12H,1,10,13H2,2-4H3. The molecule has 0 fully saturated rings. The van der Waals surface area contributed by atoms with Crippen LogP contribution in [0.15, 0.2) is 49.1 Å². The van der Waals surface area contributed by atoms with E-state index in [0.717, 1.165) is 16.0 Å². The molecule has 0 saturated heterocycles. The maximum absolute atomic E-state index is 12.9. The quantitative estimate of drug-likeness (QED) is 0.572. The second-order valence-electron chi connectivity index (χ2n) is 6.75. The van der Waals surface area contributed by atoms with Gasteiger partial charge in [-0.3, -0.25) is 19.3 Å². The summed E-state index contributed by atoms with van der Waals surface area (Å²) in [6.45, 7) is 6.04. The highest BCUT2D eigenvalue weighted by atomic mass is 16.5. The molecule has 0 bridgehead atoms. The third-order valence-electron chi connectivity index (χ3n) is 4.72. The van der Waals surface area contributed by atoms with Crippen LogP contribution >= 0.6 is 0 Å². The molecule has 0 atom stereocenters. The molecule has 3 amide bonds. The lowest BCUT2D eigenvalue weighted by Gasteiger charge is -2.19. The Morgan fingerprint density at radius 1 is 1.14 bits per heavy atom. The van der Waals surface area contributed by atoms with Crippen LogP contribution in [0.5, 0.6) is 5.75 Å². The summed E-state index contributed by atoms with van der Waals surface area (Å²) < 4.78 is 5.37. The van der Waals surface area contributed by atoms with Crippen molar-refractivity contribution in [2.45, 2.75) is 13.5 Å². The first-order valence-electron chi connectivity index (χ1n) is 8.87. The van der Waals surface area contributed by atoms with Gasteiger partial charge in [-0.05, 0) is 31.2 Å². The lowest BCUT2D eigenvalue weighted by atomic mass is 10.0. The van der Waals surface area contributed by atoms with E-state index in [4.69, 9.17) is 4.74 Å². The SMILES string of the molecule is C=CCN1C(=O)c2ccc(C(=O)N(C)Cc3cc(C)ccc3OC)cc2C1=O. The van der Waals surface area contributed by atoms with E-state index >= 15 is 0 Å². The van der Waals surface area contributed by atoms with Crippen molar-refractivity contribution < 1.29 is 19.1 Å². The number of nitrogens with zero attached hydrogens (tertiary/aromatic N) is 2. The molecule has 0 N–H and O–H groups in total. The van der Waals surface area contributed by atoms with Crippen molar-refractivity contribution in [1.29, 1.82) is 0 Å². The van der Waals surface area contributed by atoms with E-state index < -0.39 is 5.91 Å². The summed E-state index contributed by atoms with van der Waals surface area (Å²) in [5.74, 6) is -0.303.